The van der Waals surface area contributed by atoms with E-state index in [4.69, 9.17) is 4.42 Å². The molecule has 1 heterocycles. The van der Waals surface area contributed by atoms with E-state index in [1.54, 1.807) is 55.5 Å². The highest BCUT2D eigenvalue weighted by Crippen LogP contribution is 2.32. The Hall–Kier alpha value is -2.88. The average Bonchev–Trinajstić information content (AvgIpc) is 2.55. The predicted molar refractivity (Wildman–Crippen MR) is 88.0 cm³/mol. The molecule has 0 saturated heterocycles. The van der Waals surface area contributed by atoms with E-state index in [1.165, 1.54) is 0 Å². The van der Waals surface area contributed by atoms with Gasteiger partial charge in [-0.3, -0.25) is 4.79 Å². The van der Waals surface area contributed by atoms with Gasteiger partial charge in [-0.1, -0.05) is 49.4 Å². The van der Waals surface area contributed by atoms with Gasteiger partial charge in [0.2, 0.25) is 0 Å². The summed E-state index contributed by atoms with van der Waals surface area (Å²) in [4.78, 5) is 24.5. The number of Topliss-reactive ketones (excluding diaryl/α,β-unsaturated/α-hetero) is 1. The average molecular weight is 308 g/mol. The number of benzene rings is 2. The molecule has 23 heavy (non-hydrogen) atoms. The summed E-state index contributed by atoms with van der Waals surface area (Å²) in [6.45, 7) is 1.74. The van der Waals surface area contributed by atoms with E-state index in [1.807, 2.05) is 6.07 Å². The second-order valence-electron chi connectivity index (χ2n) is 5.54. The molecule has 0 aliphatic heterocycles. The Morgan fingerprint density at radius 2 is 1.74 bits per heavy atom. The number of rotatable bonds is 4. The third-order valence-electron chi connectivity index (χ3n) is 3.90. The lowest BCUT2D eigenvalue weighted by Crippen LogP contribution is -2.14. The Morgan fingerprint density at radius 3 is 2.48 bits per heavy atom. The first kappa shape index (κ1) is 15.0. The van der Waals surface area contributed by atoms with Crippen molar-refractivity contribution in [2.45, 2.75) is 19.3 Å². The summed E-state index contributed by atoms with van der Waals surface area (Å²) in [7, 11) is 0. The number of hydrogen-bond donors (Lipinski definition) is 1. The Labute approximate surface area is 133 Å². The number of para-hydroxylation sites is 1. The number of fused-ring (bicyclic) bond motifs is 1. The van der Waals surface area contributed by atoms with E-state index >= 15 is 0 Å². The molecule has 1 unspecified atom stereocenters. The molecular weight excluding hydrogens is 292 g/mol. The summed E-state index contributed by atoms with van der Waals surface area (Å²) in [6, 6.07) is 15.7. The second-order valence-corrected chi connectivity index (χ2v) is 5.54. The maximum Gasteiger partial charge on any atom is 0.343 e. The van der Waals surface area contributed by atoms with Gasteiger partial charge in [0.15, 0.2) is 5.78 Å². The van der Waals surface area contributed by atoms with Gasteiger partial charge in [-0.15, -0.1) is 0 Å². The maximum absolute atomic E-state index is 12.3. The molecule has 3 rings (SSSR count). The van der Waals surface area contributed by atoms with E-state index in [9.17, 15) is 14.7 Å². The third kappa shape index (κ3) is 2.88. The molecular formula is C19H16O4. The largest absolute Gasteiger partial charge is 0.507 e. The van der Waals surface area contributed by atoms with Gasteiger partial charge in [0.1, 0.15) is 11.3 Å². The molecule has 0 aliphatic carbocycles. The fourth-order valence-corrected chi connectivity index (χ4v) is 2.70. The van der Waals surface area contributed by atoms with Crippen LogP contribution in [0.1, 0.15) is 35.2 Å². The number of carbonyl (C=O) groups excluding carboxylic acids is 1. The minimum absolute atomic E-state index is 0.0786. The minimum Gasteiger partial charge on any atom is -0.507 e. The third-order valence-corrected chi connectivity index (χ3v) is 3.90. The van der Waals surface area contributed by atoms with Gasteiger partial charge in [-0.2, -0.15) is 0 Å². The summed E-state index contributed by atoms with van der Waals surface area (Å²) in [5, 5.41) is 10.9. The fourth-order valence-electron chi connectivity index (χ4n) is 2.70. The molecule has 0 bridgehead atoms. The van der Waals surface area contributed by atoms with Gasteiger partial charge in [-0.25, -0.2) is 4.79 Å². The van der Waals surface area contributed by atoms with Crippen LogP contribution in [0, 0.1) is 0 Å². The fraction of sp³-hybridized carbons (Fsp3) is 0.158. The SMILES string of the molecule is CC(CC(=O)c1ccccc1)c1c(O)c2ccccc2oc1=O. The summed E-state index contributed by atoms with van der Waals surface area (Å²) in [6.07, 6.45) is 0.126. The highest BCUT2D eigenvalue weighted by molar-refractivity contribution is 5.96. The molecule has 116 valence electrons. The smallest absolute Gasteiger partial charge is 0.343 e. The topological polar surface area (TPSA) is 67.5 Å². The Kier molecular flexibility index (Phi) is 3.98. The number of ketones is 1. The first-order valence-electron chi connectivity index (χ1n) is 7.41. The molecule has 0 radical (unpaired) electrons. The lowest BCUT2D eigenvalue weighted by atomic mass is 9.93. The van der Waals surface area contributed by atoms with Crippen molar-refractivity contribution in [3.63, 3.8) is 0 Å². The second kappa shape index (κ2) is 6.08. The highest BCUT2D eigenvalue weighted by atomic mass is 16.4. The predicted octanol–water partition coefficient (Wildman–Crippen LogP) is 3.88. The molecule has 0 aliphatic rings. The standard InChI is InChI=1S/C19H16O4/c1-12(11-15(20)13-7-3-2-4-8-13)17-18(21)14-9-5-6-10-16(14)23-19(17)22/h2-10,12,21H,11H2,1H3. The van der Waals surface area contributed by atoms with Crippen molar-refractivity contribution in [1.29, 1.82) is 0 Å². The van der Waals surface area contributed by atoms with Crippen LogP contribution in [0.5, 0.6) is 5.75 Å². The minimum atomic E-state index is -0.602. The van der Waals surface area contributed by atoms with Gasteiger partial charge in [0.05, 0.1) is 10.9 Å². The van der Waals surface area contributed by atoms with Crippen LogP contribution >= 0.6 is 0 Å². The number of carbonyl (C=O) groups is 1. The van der Waals surface area contributed by atoms with Crippen molar-refractivity contribution in [2.75, 3.05) is 0 Å². The van der Waals surface area contributed by atoms with Crippen molar-refractivity contribution in [3.8, 4) is 5.75 Å². The number of hydrogen-bond acceptors (Lipinski definition) is 4. The molecule has 0 saturated carbocycles. The Morgan fingerprint density at radius 1 is 1.09 bits per heavy atom. The Balaban J connectivity index is 1.97. The first-order valence-corrected chi connectivity index (χ1v) is 7.41. The van der Waals surface area contributed by atoms with Gasteiger partial charge < -0.3 is 9.52 Å². The summed E-state index contributed by atoms with van der Waals surface area (Å²) >= 11 is 0. The van der Waals surface area contributed by atoms with E-state index in [0.29, 0.717) is 16.5 Å². The van der Waals surface area contributed by atoms with Crippen LogP contribution < -0.4 is 5.63 Å². The van der Waals surface area contributed by atoms with Crippen molar-refractivity contribution in [2.24, 2.45) is 0 Å². The van der Waals surface area contributed by atoms with E-state index in [2.05, 4.69) is 0 Å². The molecule has 1 N–H and O–H groups in total. The van der Waals surface area contributed by atoms with Gasteiger partial charge in [0.25, 0.3) is 0 Å². The Bertz CT molecular complexity index is 910. The first-order chi connectivity index (χ1) is 11.1. The summed E-state index contributed by atoms with van der Waals surface area (Å²) in [5.74, 6) is -0.626. The zero-order chi connectivity index (χ0) is 16.4. The molecule has 0 amide bonds. The molecule has 2 aromatic carbocycles. The monoisotopic (exact) mass is 308 g/mol. The van der Waals surface area contributed by atoms with Crippen LogP contribution in [0.25, 0.3) is 11.0 Å². The molecule has 1 aromatic heterocycles. The summed E-state index contributed by atoms with van der Waals surface area (Å²) in [5.41, 5.74) is 0.465. The van der Waals surface area contributed by atoms with Crippen molar-refractivity contribution in [3.05, 3.63) is 76.1 Å². The molecule has 4 nitrogen and oxygen atoms in total. The van der Waals surface area contributed by atoms with Crippen molar-refractivity contribution in [1.82, 2.24) is 0 Å². The van der Waals surface area contributed by atoms with E-state index in [0.717, 1.165) is 0 Å². The summed E-state index contributed by atoms with van der Waals surface area (Å²) < 4.78 is 5.26. The molecule has 0 fully saturated rings. The van der Waals surface area contributed by atoms with Crippen molar-refractivity contribution >= 4 is 16.8 Å². The van der Waals surface area contributed by atoms with Crippen molar-refractivity contribution < 1.29 is 14.3 Å². The highest BCUT2D eigenvalue weighted by Gasteiger charge is 2.22. The molecule has 0 spiro atoms. The zero-order valence-electron chi connectivity index (χ0n) is 12.7. The maximum atomic E-state index is 12.3. The number of aromatic hydroxyl groups is 1. The van der Waals surface area contributed by atoms with Crippen LogP contribution in [-0.4, -0.2) is 10.9 Å². The lowest BCUT2D eigenvalue weighted by molar-refractivity contribution is 0.0975. The lowest BCUT2D eigenvalue weighted by Gasteiger charge is -2.12. The quantitative estimate of drug-likeness (QED) is 0.587. The van der Waals surface area contributed by atoms with E-state index < -0.39 is 11.5 Å². The molecule has 4 heteroatoms. The van der Waals surface area contributed by atoms with Crippen LogP contribution in [0.4, 0.5) is 0 Å². The van der Waals surface area contributed by atoms with E-state index in [-0.39, 0.29) is 23.5 Å². The van der Waals surface area contributed by atoms with Crippen LogP contribution in [0.15, 0.2) is 63.8 Å². The van der Waals surface area contributed by atoms with Crippen LogP contribution in [0.2, 0.25) is 0 Å². The van der Waals surface area contributed by atoms with Gasteiger partial charge >= 0.3 is 5.63 Å². The molecule has 1 atom stereocenters. The van der Waals surface area contributed by atoms with Gasteiger partial charge in [0, 0.05) is 12.0 Å². The normalized spacial score (nSPS) is 12.2. The van der Waals surface area contributed by atoms with Crippen LogP contribution in [0.3, 0.4) is 0 Å². The van der Waals surface area contributed by atoms with Gasteiger partial charge in [-0.05, 0) is 18.1 Å². The molecule has 3 aromatic rings. The van der Waals surface area contributed by atoms with Crippen LogP contribution in [-0.2, 0) is 0 Å². The zero-order valence-corrected chi connectivity index (χ0v) is 12.7.